The highest BCUT2D eigenvalue weighted by atomic mass is 16.7. The molecule has 0 amide bonds. The van der Waals surface area contributed by atoms with Crippen molar-refractivity contribution in [2.75, 3.05) is 6.61 Å². The number of hydrogen-bond donors (Lipinski definition) is 0. The lowest BCUT2D eigenvalue weighted by molar-refractivity contribution is -0.287. The molecule has 0 aromatic carbocycles. The molecule has 11 heavy (non-hydrogen) atoms. The molecule has 62 valence electrons. The van der Waals surface area contributed by atoms with Gasteiger partial charge in [-0.3, -0.25) is 0 Å². The number of rotatable bonds is 0. The summed E-state index contributed by atoms with van der Waals surface area (Å²) < 4.78 is 16.2. The Bertz CT molecular complexity index is 186. The summed E-state index contributed by atoms with van der Waals surface area (Å²) >= 11 is 0. The molecule has 2 atom stereocenters. The molecular weight excluding hydrogens is 144 g/mol. The van der Waals surface area contributed by atoms with E-state index in [0.29, 0.717) is 6.61 Å². The summed E-state index contributed by atoms with van der Waals surface area (Å²) in [6, 6.07) is 0. The Labute approximate surface area is 65.9 Å². The summed E-state index contributed by atoms with van der Waals surface area (Å²) in [5.41, 5.74) is 0. The molecule has 2 heterocycles. The molecule has 0 aliphatic carbocycles. The molecule has 0 N–H and O–H groups in total. The third-order valence-electron chi connectivity index (χ3n) is 1.90. The van der Waals surface area contributed by atoms with Crippen molar-refractivity contribution in [3.8, 4) is 0 Å². The Morgan fingerprint density at radius 1 is 1.45 bits per heavy atom. The number of hydrogen-bond acceptors (Lipinski definition) is 3. The molecule has 0 radical (unpaired) electrons. The van der Waals surface area contributed by atoms with Gasteiger partial charge >= 0.3 is 0 Å². The van der Waals surface area contributed by atoms with Gasteiger partial charge in [0, 0.05) is 0 Å². The zero-order valence-corrected chi connectivity index (χ0v) is 6.74. The molecule has 0 unspecified atom stereocenters. The topological polar surface area (TPSA) is 27.7 Å². The van der Waals surface area contributed by atoms with Gasteiger partial charge in [-0.1, -0.05) is 0 Å². The normalized spacial score (nSPS) is 39.8. The van der Waals surface area contributed by atoms with Gasteiger partial charge in [-0.15, -0.1) is 0 Å². The first-order valence-electron chi connectivity index (χ1n) is 3.81. The maximum atomic E-state index is 5.56. The van der Waals surface area contributed by atoms with Crippen LogP contribution in [0.25, 0.3) is 0 Å². The van der Waals surface area contributed by atoms with Gasteiger partial charge in [0.15, 0.2) is 11.9 Å². The lowest BCUT2D eigenvalue weighted by Crippen LogP contribution is -2.46. The van der Waals surface area contributed by atoms with Gasteiger partial charge in [-0.25, -0.2) is 0 Å². The van der Waals surface area contributed by atoms with E-state index in [9.17, 15) is 0 Å². The fourth-order valence-electron chi connectivity index (χ4n) is 1.32. The van der Waals surface area contributed by atoms with E-state index in [0.717, 1.165) is 0 Å². The van der Waals surface area contributed by atoms with Crippen LogP contribution in [0.15, 0.2) is 12.3 Å². The van der Waals surface area contributed by atoms with Crippen LogP contribution in [-0.2, 0) is 14.2 Å². The van der Waals surface area contributed by atoms with Gasteiger partial charge in [0.1, 0.15) is 6.10 Å². The van der Waals surface area contributed by atoms with Gasteiger partial charge in [0.05, 0.1) is 12.9 Å². The van der Waals surface area contributed by atoms with Gasteiger partial charge < -0.3 is 14.2 Å². The van der Waals surface area contributed by atoms with Crippen LogP contribution in [0, 0.1) is 0 Å². The predicted molar refractivity (Wildman–Crippen MR) is 38.9 cm³/mol. The molecule has 2 aliphatic heterocycles. The second-order valence-electron chi connectivity index (χ2n) is 3.30. The van der Waals surface area contributed by atoms with E-state index in [1.54, 1.807) is 6.26 Å². The maximum absolute atomic E-state index is 5.56. The van der Waals surface area contributed by atoms with E-state index < -0.39 is 5.79 Å². The summed E-state index contributed by atoms with van der Waals surface area (Å²) in [7, 11) is 0. The van der Waals surface area contributed by atoms with Crippen molar-refractivity contribution >= 4 is 0 Å². The quantitative estimate of drug-likeness (QED) is 0.524. The first-order valence-corrected chi connectivity index (χ1v) is 3.81. The average Bonchev–Trinajstić information content (AvgIpc) is 2.31. The lowest BCUT2D eigenvalue weighted by Gasteiger charge is -2.36. The van der Waals surface area contributed by atoms with Crippen LogP contribution in [0.4, 0.5) is 0 Å². The Balaban J connectivity index is 2.06. The SMILES string of the molecule is CC1(C)OC[C@@H]2OC=C[C@@H]2O1. The van der Waals surface area contributed by atoms with Crippen molar-refractivity contribution in [1.29, 1.82) is 0 Å². The maximum Gasteiger partial charge on any atom is 0.163 e. The van der Waals surface area contributed by atoms with Crippen molar-refractivity contribution in [2.24, 2.45) is 0 Å². The number of ether oxygens (including phenoxy) is 3. The fourth-order valence-corrected chi connectivity index (χ4v) is 1.32. The van der Waals surface area contributed by atoms with E-state index in [-0.39, 0.29) is 12.2 Å². The van der Waals surface area contributed by atoms with E-state index in [4.69, 9.17) is 14.2 Å². The zero-order chi connectivity index (χ0) is 7.90. The highest BCUT2D eigenvalue weighted by Crippen LogP contribution is 2.27. The van der Waals surface area contributed by atoms with E-state index in [1.165, 1.54) is 0 Å². The first kappa shape index (κ1) is 7.13. The molecule has 1 saturated heterocycles. The van der Waals surface area contributed by atoms with E-state index >= 15 is 0 Å². The monoisotopic (exact) mass is 156 g/mol. The highest BCUT2D eigenvalue weighted by Gasteiger charge is 2.38. The molecular formula is C8H12O3. The van der Waals surface area contributed by atoms with Crippen LogP contribution in [0.2, 0.25) is 0 Å². The Kier molecular flexibility index (Phi) is 1.44. The summed E-state index contributed by atoms with van der Waals surface area (Å²) in [6.45, 7) is 4.44. The van der Waals surface area contributed by atoms with Crippen molar-refractivity contribution in [1.82, 2.24) is 0 Å². The Hall–Kier alpha value is -0.540. The predicted octanol–water partition coefficient (Wildman–Crippen LogP) is 1.05. The minimum absolute atomic E-state index is 0.0722. The van der Waals surface area contributed by atoms with Gasteiger partial charge in [0.2, 0.25) is 0 Å². The fraction of sp³-hybridized carbons (Fsp3) is 0.750. The van der Waals surface area contributed by atoms with Crippen LogP contribution in [0.1, 0.15) is 13.8 Å². The van der Waals surface area contributed by atoms with Crippen molar-refractivity contribution < 1.29 is 14.2 Å². The third kappa shape index (κ3) is 1.26. The van der Waals surface area contributed by atoms with Crippen molar-refractivity contribution in [2.45, 2.75) is 31.8 Å². The largest absolute Gasteiger partial charge is 0.493 e. The zero-order valence-electron chi connectivity index (χ0n) is 6.74. The molecule has 0 spiro atoms. The molecule has 0 saturated carbocycles. The van der Waals surface area contributed by atoms with Crippen molar-refractivity contribution in [3.63, 3.8) is 0 Å². The molecule has 0 bridgehead atoms. The van der Waals surface area contributed by atoms with E-state index in [1.807, 2.05) is 19.9 Å². The Morgan fingerprint density at radius 3 is 3.09 bits per heavy atom. The minimum Gasteiger partial charge on any atom is -0.493 e. The summed E-state index contributed by atoms with van der Waals surface area (Å²) in [5.74, 6) is -0.459. The smallest absolute Gasteiger partial charge is 0.163 e. The molecule has 1 fully saturated rings. The van der Waals surface area contributed by atoms with Crippen molar-refractivity contribution in [3.05, 3.63) is 12.3 Å². The average molecular weight is 156 g/mol. The second-order valence-corrected chi connectivity index (χ2v) is 3.30. The van der Waals surface area contributed by atoms with Gasteiger partial charge in [0.25, 0.3) is 0 Å². The summed E-state index contributed by atoms with van der Waals surface area (Å²) in [4.78, 5) is 0. The van der Waals surface area contributed by atoms with E-state index in [2.05, 4.69) is 0 Å². The van der Waals surface area contributed by atoms with Crippen LogP contribution >= 0.6 is 0 Å². The molecule has 0 aromatic rings. The van der Waals surface area contributed by atoms with Crippen LogP contribution in [0.5, 0.6) is 0 Å². The Morgan fingerprint density at radius 2 is 2.27 bits per heavy atom. The van der Waals surface area contributed by atoms with Crippen LogP contribution in [-0.4, -0.2) is 24.6 Å². The second kappa shape index (κ2) is 2.22. The number of fused-ring (bicyclic) bond motifs is 1. The standard InChI is InChI=1S/C8H12O3/c1-8(2)10-5-7-6(11-8)3-4-9-7/h3-4,6-7H,5H2,1-2H3/t6-,7-/m0/s1. The molecule has 2 aliphatic rings. The highest BCUT2D eigenvalue weighted by molar-refractivity contribution is 4.99. The summed E-state index contributed by atoms with van der Waals surface area (Å²) in [5, 5.41) is 0. The summed E-state index contributed by atoms with van der Waals surface area (Å²) in [6.07, 6.45) is 3.76. The van der Waals surface area contributed by atoms with Crippen LogP contribution in [0.3, 0.4) is 0 Å². The van der Waals surface area contributed by atoms with Crippen LogP contribution < -0.4 is 0 Å². The molecule has 0 aromatic heterocycles. The third-order valence-corrected chi connectivity index (χ3v) is 1.90. The lowest BCUT2D eigenvalue weighted by atomic mass is 10.2. The minimum atomic E-state index is -0.459. The molecule has 3 nitrogen and oxygen atoms in total. The molecule has 2 rings (SSSR count). The first-order chi connectivity index (χ1) is 5.17. The van der Waals surface area contributed by atoms with Gasteiger partial charge in [-0.05, 0) is 19.9 Å². The van der Waals surface area contributed by atoms with Gasteiger partial charge in [-0.2, -0.15) is 0 Å². The molecule has 3 heteroatoms.